The Morgan fingerprint density at radius 2 is 2.22 bits per heavy atom. The zero-order valence-electron chi connectivity index (χ0n) is 10.7. The van der Waals surface area contributed by atoms with Gasteiger partial charge < -0.3 is 14.9 Å². The molecule has 0 aliphatic rings. The lowest BCUT2D eigenvalue weighted by molar-refractivity contribution is 0.315. The monoisotopic (exact) mass is 246 g/mol. The Bertz CT molecular complexity index is 508. The number of hydrogen-bond donors (Lipinski definition) is 1. The van der Waals surface area contributed by atoms with Crippen LogP contribution in [0.5, 0.6) is 5.75 Å². The zero-order valence-corrected chi connectivity index (χ0v) is 10.7. The van der Waals surface area contributed by atoms with Crippen LogP contribution in [0.15, 0.2) is 35.0 Å². The van der Waals surface area contributed by atoms with Crippen LogP contribution in [-0.2, 0) is 0 Å². The van der Waals surface area contributed by atoms with Gasteiger partial charge in [0, 0.05) is 6.20 Å². The fourth-order valence-corrected chi connectivity index (χ4v) is 1.69. The normalized spacial score (nSPS) is 12.4. The van der Waals surface area contributed by atoms with E-state index >= 15 is 0 Å². The summed E-state index contributed by atoms with van der Waals surface area (Å²) < 4.78 is 11.1. The van der Waals surface area contributed by atoms with Gasteiger partial charge in [0.25, 0.3) is 0 Å². The molecule has 0 spiro atoms. The average Bonchev–Trinajstić information content (AvgIpc) is 2.82. The second-order valence-electron chi connectivity index (χ2n) is 4.23. The van der Waals surface area contributed by atoms with Crippen molar-refractivity contribution in [2.75, 3.05) is 6.61 Å². The molecule has 4 heteroatoms. The molecule has 0 bridgehead atoms. The van der Waals surface area contributed by atoms with Gasteiger partial charge in [0.05, 0.1) is 18.8 Å². The van der Waals surface area contributed by atoms with E-state index in [1.807, 2.05) is 25.1 Å². The number of hydrogen-bond acceptors (Lipinski definition) is 4. The number of aryl methyl sites for hydroxylation is 1. The van der Waals surface area contributed by atoms with Gasteiger partial charge in [-0.05, 0) is 37.1 Å². The summed E-state index contributed by atoms with van der Waals surface area (Å²) in [6.45, 7) is 4.64. The van der Waals surface area contributed by atoms with Gasteiger partial charge >= 0.3 is 0 Å². The summed E-state index contributed by atoms with van der Waals surface area (Å²) in [6, 6.07) is 5.39. The van der Waals surface area contributed by atoms with Crippen LogP contribution in [0.25, 0.3) is 0 Å². The summed E-state index contributed by atoms with van der Waals surface area (Å²) in [4.78, 5) is 4.14. The van der Waals surface area contributed by atoms with E-state index in [0.717, 1.165) is 29.3 Å². The molecule has 0 aliphatic heterocycles. The van der Waals surface area contributed by atoms with Crippen LogP contribution in [0.4, 0.5) is 0 Å². The first-order valence-corrected chi connectivity index (χ1v) is 6.10. The Labute approximate surface area is 107 Å². The third-order valence-electron chi connectivity index (χ3n) is 2.63. The lowest BCUT2D eigenvalue weighted by Crippen LogP contribution is -2.11. The van der Waals surface area contributed by atoms with Crippen LogP contribution >= 0.6 is 0 Å². The molecule has 2 rings (SSSR count). The lowest BCUT2D eigenvalue weighted by atomic mass is 10.1. The molecule has 2 N–H and O–H groups in total. The first kappa shape index (κ1) is 12.6. The fourth-order valence-electron chi connectivity index (χ4n) is 1.69. The minimum Gasteiger partial charge on any atom is -0.492 e. The second kappa shape index (κ2) is 5.69. The van der Waals surface area contributed by atoms with Crippen LogP contribution in [0.3, 0.4) is 0 Å². The van der Waals surface area contributed by atoms with Gasteiger partial charge in [-0.3, -0.25) is 4.98 Å². The van der Waals surface area contributed by atoms with Crippen molar-refractivity contribution in [1.82, 2.24) is 4.98 Å². The molecule has 0 aliphatic carbocycles. The molecule has 0 fully saturated rings. The van der Waals surface area contributed by atoms with E-state index in [-0.39, 0.29) is 6.04 Å². The fraction of sp³-hybridized carbons (Fsp3) is 0.357. The number of furan rings is 1. The number of nitrogens with zero attached hydrogens (tertiary/aromatic N) is 1. The van der Waals surface area contributed by atoms with Crippen molar-refractivity contribution >= 4 is 0 Å². The third-order valence-corrected chi connectivity index (χ3v) is 2.63. The average molecular weight is 246 g/mol. The van der Waals surface area contributed by atoms with E-state index in [9.17, 15) is 0 Å². The highest BCUT2D eigenvalue weighted by Crippen LogP contribution is 2.23. The molecule has 0 amide bonds. The predicted molar refractivity (Wildman–Crippen MR) is 69.5 cm³/mol. The maximum Gasteiger partial charge on any atom is 0.137 e. The highest BCUT2D eigenvalue weighted by Gasteiger charge is 2.13. The third kappa shape index (κ3) is 2.90. The van der Waals surface area contributed by atoms with Crippen LogP contribution in [0.2, 0.25) is 0 Å². The molecular formula is C14H18N2O2. The van der Waals surface area contributed by atoms with Crippen LogP contribution in [0.1, 0.15) is 36.5 Å². The van der Waals surface area contributed by atoms with Crippen LogP contribution < -0.4 is 10.5 Å². The molecule has 0 saturated carbocycles. The van der Waals surface area contributed by atoms with Gasteiger partial charge in [-0.15, -0.1) is 0 Å². The molecule has 4 nitrogen and oxygen atoms in total. The van der Waals surface area contributed by atoms with Gasteiger partial charge in [-0.2, -0.15) is 0 Å². The van der Waals surface area contributed by atoms with Gasteiger partial charge in [-0.1, -0.05) is 6.92 Å². The SMILES string of the molecule is CCCOc1cncc(C(N)c2ccc(C)o2)c1. The number of nitrogens with two attached hydrogens (primary N) is 1. The van der Waals surface area contributed by atoms with E-state index in [4.69, 9.17) is 14.9 Å². The van der Waals surface area contributed by atoms with Crippen molar-refractivity contribution in [3.05, 3.63) is 47.7 Å². The summed E-state index contributed by atoms with van der Waals surface area (Å²) in [5, 5.41) is 0. The van der Waals surface area contributed by atoms with Gasteiger partial charge in [0.1, 0.15) is 17.3 Å². The smallest absolute Gasteiger partial charge is 0.137 e. The topological polar surface area (TPSA) is 61.3 Å². The van der Waals surface area contributed by atoms with E-state index in [1.165, 1.54) is 0 Å². The predicted octanol–water partition coefficient (Wildman–Crippen LogP) is 2.82. The Morgan fingerprint density at radius 1 is 1.39 bits per heavy atom. The van der Waals surface area contributed by atoms with Gasteiger partial charge in [0.2, 0.25) is 0 Å². The molecule has 0 aromatic carbocycles. The Balaban J connectivity index is 2.17. The van der Waals surface area contributed by atoms with E-state index in [1.54, 1.807) is 12.4 Å². The zero-order chi connectivity index (χ0) is 13.0. The molecule has 2 aromatic heterocycles. The summed E-state index contributed by atoms with van der Waals surface area (Å²) >= 11 is 0. The molecule has 0 radical (unpaired) electrons. The van der Waals surface area contributed by atoms with Crippen molar-refractivity contribution in [3.63, 3.8) is 0 Å². The van der Waals surface area contributed by atoms with Crippen molar-refractivity contribution in [1.29, 1.82) is 0 Å². The number of ether oxygens (including phenoxy) is 1. The maximum absolute atomic E-state index is 6.14. The number of pyridine rings is 1. The molecule has 1 unspecified atom stereocenters. The Hall–Kier alpha value is -1.81. The van der Waals surface area contributed by atoms with Crippen LogP contribution in [0, 0.1) is 6.92 Å². The van der Waals surface area contributed by atoms with Crippen molar-refractivity contribution < 1.29 is 9.15 Å². The molecule has 1 atom stereocenters. The maximum atomic E-state index is 6.14. The number of aromatic nitrogens is 1. The second-order valence-corrected chi connectivity index (χ2v) is 4.23. The minimum absolute atomic E-state index is 0.309. The molecule has 2 heterocycles. The van der Waals surface area contributed by atoms with Crippen molar-refractivity contribution in [2.24, 2.45) is 5.73 Å². The largest absolute Gasteiger partial charge is 0.492 e. The summed E-state index contributed by atoms with van der Waals surface area (Å²) in [5.74, 6) is 2.34. The minimum atomic E-state index is -0.309. The molecule has 0 saturated heterocycles. The Morgan fingerprint density at radius 3 is 2.89 bits per heavy atom. The highest BCUT2D eigenvalue weighted by atomic mass is 16.5. The van der Waals surface area contributed by atoms with E-state index in [0.29, 0.717) is 6.61 Å². The Kier molecular flexibility index (Phi) is 3.99. The summed E-state index contributed by atoms with van der Waals surface area (Å²) in [6.07, 6.45) is 4.40. The first-order valence-electron chi connectivity index (χ1n) is 6.10. The summed E-state index contributed by atoms with van der Waals surface area (Å²) in [5.41, 5.74) is 7.02. The van der Waals surface area contributed by atoms with Crippen molar-refractivity contribution in [2.45, 2.75) is 26.3 Å². The quantitative estimate of drug-likeness (QED) is 0.881. The molecule has 18 heavy (non-hydrogen) atoms. The molecule has 96 valence electrons. The van der Waals surface area contributed by atoms with E-state index < -0.39 is 0 Å². The van der Waals surface area contributed by atoms with Crippen LogP contribution in [-0.4, -0.2) is 11.6 Å². The standard InChI is InChI=1S/C14H18N2O2/c1-3-6-17-12-7-11(8-16-9-12)14(15)13-5-4-10(2)18-13/h4-5,7-9,14H,3,6,15H2,1-2H3. The lowest BCUT2D eigenvalue weighted by Gasteiger charge is -2.11. The van der Waals surface area contributed by atoms with E-state index in [2.05, 4.69) is 11.9 Å². The number of rotatable bonds is 5. The molecule has 2 aromatic rings. The first-order chi connectivity index (χ1) is 8.70. The van der Waals surface area contributed by atoms with Gasteiger partial charge in [-0.25, -0.2) is 0 Å². The summed E-state index contributed by atoms with van der Waals surface area (Å²) in [7, 11) is 0. The molecular weight excluding hydrogens is 228 g/mol. The van der Waals surface area contributed by atoms with Crippen molar-refractivity contribution in [3.8, 4) is 5.75 Å². The highest BCUT2D eigenvalue weighted by molar-refractivity contribution is 5.30. The van der Waals surface area contributed by atoms with Gasteiger partial charge in [0.15, 0.2) is 0 Å².